The third kappa shape index (κ3) is 5.75. The first-order valence-electron chi connectivity index (χ1n) is 13.4. The van der Waals surface area contributed by atoms with E-state index in [1.807, 2.05) is 18.2 Å². The first-order chi connectivity index (χ1) is 21.0. The molecule has 2 aromatic carbocycles. The van der Waals surface area contributed by atoms with Gasteiger partial charge in [0.1, 0.15) is 36.1 Å². The number of methoxy groups -OCH3 is 2. The zero-order valence-corrected chi connectivity index (χ0v) is 23.3. The third-order valence-corrected chi connectivity index (χ3v) is 7.19. The summed E-state index contributed by atoms with van der Waals surface area (Å²) in [5, 5.41) is 26.8. The van der Waals surface area contributed by atoms with Gasteiger partial charge in [-0.1, -0.05) is 6.07 Å². The van der Waals surface area contributed by atoms with E-state index in [0.717, 1.165) is 5.56 Å². The predicted octanol–water partition coefficient (Wildman–Crippen LogP) is 1.63. The number of fused-ring (bicyclic) bond motifs is 2. The van der Waals surface area contributed by atoms with Crippen LogP contribution in [0.1, 0.15) is 17.4 Å². The van der Waals surface area contributed by atoms with Crippen LogP contribution in [0.2, 0.25) is 0 Å². The number of hydrogen-bond donors (Lipinski definition) is 4. The molecule has 14 heteroatoms. The Morgan fingerprint density at radius 1 is 1.09 bits per heavy atom. The zero-order valence-electron chi connectivity index (χ0n) is 23.3. The maximum Gasteiger partial charge on any atom is 0.244 e. The van der Waals surface area contributed by atoms with Crippen LogP contribution in [0.3, 0.4) is 0 Å². The third-order valence-electron chi connectivity index (χ3n) is 7.19. The maximum atomic E-state index is 13.0. The van der Waals surface area contributed by atoms with Crippen molar-refractivity contribution in [1.29, 1.82) is 0 Å². The van der Waals surface area contributed by atoms with Crippen molar-refractivity contribution >= 4 is 29.0 Å². The van der Waals surface area contributed by atoms with Gasteiger partial charge in [-0.3, -0.25) is 9.36 Å². The van der Waals surface area contributed by atoms with Crippen molar-refractivity contribution in [2.75, 3.05) is 32.9 Å². The fourth-order valence-electron chi connectivity index (χ4n) is 5.00. The van der Waals surface area contributed by atoms with Crippen molar-refractivity contribution in [3.63, 3.8) is 0 Å². The molecule has 1 amide bonds. The maximum absolute atomic E-state index is 13.0. The Labute approximate surface area is 245 Å². The van der Waals surface area contributed by atoms with Gasteiger partial charge < -0.3 is 44.5 Å². The summed E-state index contributed by atoms with van der Waals surface area (Å²) in [5.41, 5.74) is 2.51. The van der Waals surface area contributed by atoms with Gasteiger partial charge in [-0.2, -0.15) is 0 Å². The number of aliphatic hydroxyl groups excluding tert-OH is 2. The molecule has 1 saturated heterocycles. The molecule has 1 fully saturated rings. The highest BCUT2D eigenvalue weighted by Crippen LogP contribution is 2.34. The van der Waals surface area contributed by atoms with E-state index in [0.29, 0.717) is 52.1 Å². The summed E-state index contributed by atoms with van der Waals surface area (Å²) in [6.07, 6.45) is 2.76. The second kappa shape index (κ2) is 12.1. The van der Waals surface area contributed by atoms with E-state index in [2.05, 4.69) is 25.6 Å². The molecule has 0 saturated carbocycles. The van der Waals surface area contributed by atoms with Crippen molar-refractivity contribution in [1.82, 2.24) is 24.8 Å². The number of imidazole rings is 1. The lowest BCUT2D eigenvalue weighted by Crippen LogP contribution is -2.46. The number of aromatic nitrogens is 4. The van der Waals surface area contributed by atoms with Crippen molar-refractivity contribution in [3.05, 3.63) is 66.3 Å². The van der Waals surface area contributed by atoms with Gasteiger partial charge in [-0.25, -0.2) is 15.0 Å². The molecule has 4 atom stereocenters. The number of anilines is 1. The van der Waals surface area contributed by atoms with Gasteiger partial charge in [-0.15, -0.1) is 0 Å². The lowest BCUT2D eigenvalue weighted by molar-refractivity contribution is -0.118. The van der Waals surface area contributed by atoms with E-state index in [1.165, 1.54) is 33.0 Å². The van der Waals surface area contributed by atoms with Gasteiger partial charge in [0.15, 0.2) is 34.7 Å². The van der Waals surface area contributed by atoms with Crippen LogP contribution < -0.4 is 29.6 Å². The molecule has 4 heterocycles. The lowest BCUT2D eigenvalue weighted by atomic mass is 10.1. The number of benzene rings is 2. The number of aliphatic hydroxyl groups is 2. The van der Waals surface area contributed by atoms with Crippen molar-refractivity contribution in [2.45, 2.75) is 31.0 Å². The quantitative estimate of drug-likeness (QED) is 0.197. The number of carbonyl (C=O) groups excluding carboxylic acids is 1. The highest BCUT2D eigenvalue weighted by Gasteiger charge is 2.45. The number of carbonyl (C=O) groups is 1. The second-order valence-electron chi connectivity index (χ2n) is 9.84. The standard InChI is InChI=1S/C29H30N6O8/c1-39-18-7-16(8-19(10-18)40-2)4-6-23(37)34-24-26(38)22(12-36)43-29(24)35-14-33-25-27(31-13-32-28(25)35)30-11-17-3-5-20-21(9-17)42-15-41-20/h3-10,13-14,22,24,26,29,36,38H,11-12,15H2,1-2H3,(H,34,37)(H,30,31,32)/b6-4+/t22-,24-,26-,29-/m1/s1. The molecule has 2 aromatic heterocycles. The molecule has 0 radical (unpaired) electrons. The lowest BCUT2D eigenvalue weighted by Gasteiger charge is -2.22. The Balaban J connectivity index is 1.21. The normalized spacial score (nSPS) is 20.9. The Morgan fingerprint density at radius 3 is 2.65 bits per heavy atom. The summed E-state index contributed by atoms with van der Waals surface area (Å²) in [5.74, 6) is 2.52. The van der Waals surface area contributed by atoms with Crippen LogP contribution in [0.15, 0.2) is 55.1 Å². The molecule has 0 spiro atoms. The Morgan fingerprint density at radius 2 is 1.88 bits per heavy atom. The Hall–Kier alpha value is -4.92. The molecule has 2 aliphatic rings. The molecule has 0 bridgehead atoms. The smallest absolute Gasteiger partial charge is 0.244 e. The highest BCUT2D eigenvalue weighted by atomic mass is 16.7. The summed E-state index contributed by atoms with van der Waals surface area (Å²) >= 11 is 0. The van der Waals surface area contributed by atoms with Gasteiger partial charge >= 0.3 is 0 Å². The van der Waals surface area contributed by atoms with Gasteiger partial charge in [-0.05, 0) is 41.5 Å². The van der Waals surface area contributed by atoms with Gasteiger partial charge in [0.05, 0.1) is 27.2 Å². The fraction of sp³-hybridized carbons (Fsp3) is 0.310. The number of nitrogens with one attached hydrogen (secondary N) is 2. The topological polar surface area (TPSA) is 171 Å². The summed E-state index contributed by atoms with van der Waals surface area (Å²) < 4.78 is 29.0. The zero-order chi connectivity index (χ0) is 29.9. The second-order valence-corrected chi connectivity index (χ2v) is 9.84. The van der Waals surface area contributed by atoms with Crippen LogP contribution in [-0.2, 0) is 16.1 Å². The Kier molecular flexibility index (Phi) is 7.96. The first-order valence-corrected chi connectivity index (χ1v) is 13.4. The molecule has 0 unspecified atom stereocenters. The largest absolute Gasteiger partial charge is 0.497 e. The summed E-state index contributed by atoms with van der Waals surface area (Å²) in [7, 11) is 3.08. The monoisotopic (exact) mass is 590 g/mol. The van der Waals surface area contributed by atoms with E-state index in [1.54, 1.807) is 28.8 Å². The minimum Gasteiger partial charge on any atom is -0.497 e. The first kappa shape index (κ1) is 28.2. The van der Waals surface area contributed by atoms with E-state index < -0.39 is 37.0 Å². The van der Waals surface area contributed by atoms with Crippen LogP contribution in [0.4, 0.5) is 5.82 Å². The number of ether oxygens (including phenoxy) is 5. The SMILES string of the molecule is COc1cc(/C=C/C(=O)N[C@@H]2[C@H](O)[C@@H](CO)O[C@H]2n2cnc3c(NCc4ccc5c(c4)OCO5)ncnc32)cc(OC)c1. The molecule has 4 aromatic rings. The summed E-state index contributed by atoms with van der Waals surface area (Å²) in [6.45, 7) is 0.179. The van der Waals surface area contributed by atoms with Crippen molar-refractivity contribution < 1.29 is 38.7 Å². The molecule has 0 aliphatic carbocycles. The van der Waals surface area contributed by atoms with E-state index in [9.17, 15) is 15.0 Å². The molecule has 2 aliphatic heterocycles. The van der Waals surface area contributed by atoms with Crippen LogP contribution >= 0.6 is 0 Å². The van der Waals surface area contributed by atoms with E-state index in [4.69, 9.17) is 23.7 Å². The number of rotatable bonds is 10. The van der Waals surface area contributed by atoms with E-state index in [-0.39, 0.29) is 6.79 Å². The minimum atomic E-state index is -1.20. The number of hydrogen-bond acceptors (Lipinski definition) is 12. The molecule has 43 heavy (non-hydrogen) atoms. The predicted molar refractivity (Wildman–Crippen MR) is 153 cm³/mol. The van der Waals surface area contributed by atoms with Crippen LogP contribution in [0, 0.1) is 0 Å². The number of amides is 1. The molecule has 4 N–H and O–H groups in total. The van der Waals surface area contributed by atoms with Gasteiger partial charge in [0.25, 0.3) is 0 Å². The van der Waals surface area contributed by atoms with Crippen LogP contribution in [0.25, 0.3) is 17.2 Å². The van der Waals surface area contributed by atoms with Gasteiger partial charge in [0.2, 0.25) is 12.7 Å². The van der Waals surface area contributed by atoms with Gasteiger partial charge in [0, 0.05) is 18.7 Å². The molecule has 224 valence electrons. The molecular formula is C29H30N6O8. The van der Waals surface area contributed by atoms with Crippen LogP contribution in [-0.4, -0.2) is 81.5 Å². The molecular weight excluding hydrogens is 560 g/mol. The van der Waals surface area contributed by atoms with Crippen LogP contribution in [0.5, 0.6) is 23.0 Å². The fourth-order valence-corrected chi connectivity index (χ4v) is 5.00. The average molecular weight is 591 g/mol. The van der Waals surface area contributed by atoms with Crippen molar-refractivity contribution in [3.8, 4) is 23.0 Å². The summed E-state index contributed by atoms with van der Waals surface area (Å²) in [4.78, 5) is 26.2. The summed E-state index contributed by atoms with van der Waals surface area (Å²) in [6, 6.07) is 9.96. The van der Waals surface area contributed by atoms with Crippen molar-refractivity contribution in [2.24, 2.45) is 0 Å². The Bertz CT molecular complexity index is 1640. The molecule has 14 nitrogen and oxygen atoms in total. The number of nitrogens with zero attached hydrogens (tertiary/aromatic N) is 4. The average Bonchev–Trinajstić information content (AvgIpc) is 3.76. The molecule has 6 rings (SSSR count). The highest BCUT2D eigenvalue weighted by molar-refractivity contribution is 5.92. The van der Waals surface area contributed by atoms with E-state index >= 15 is 0 Å². The minimum absolute atomic E-state index is 0.195.